The van der Waals surface area contributed by atoms with Gasteiger partial charge in [-0.2, -0.15) is 4.31 Å². The van der Waals surface area contributed by atoms with E-state index in [1.807, 2.05) is 0 Å². The van der Waals surface area contributed by atoms with Gasteiger partial charge in [0.25, 0.3) is 5.91 Å². The fourth-order valence-corrected chi connectivity index (χ4v) is 4.96. The lowest BCUT2D eigenvalue weighted by atomic mass is 10.1. The maximum Gasteiger partial charge on any atom is 0.262 e. The van der Waals surface area contributed by atoms with Crippen molar-refractivity contribution in [2.75, 3.05) is 31.6 Å². The number of carbonyl (C=O) groups is 1. The third-order valence-electron chi connectivity index (χ3n) is 4.93. The summed E-state index contributed by atoms with van der Waals surface area (Å²) in [5.74, 6) is -0.612. The molecule has 150 valence electrons. The molecule has 2 aromatic rings. The van der Waals surface area contributed by atoms with Crippen molar-refractivity contribution in [3.05, 3.63) is 53.3 Å². The first-order chi connectivity index (χ1) is 13.3. The maximum atomic E-state index is 13.7. The maximum absolute atomic E-state index is 13.7. The summed E-state index contributed by atoms with van der Waals surface area (Å²) in [5, 5.41) is 0. The van der Waals surface area contributed by atoms with Gasteiger partial charge >= 0.3 is 0 Å². The molecule has 0 aromatic heterocycles. The Hall–Kier alpha value is -2.45. The minimum Gasteiger partial charge on any atom is -0.496 e. The number of hydrogen-bond donors (Lipinski definition) is 0. The number of amides is 1. The molecular formula is C20H23FN2O4S. The number of hydrogen-bond acceptors (Lipinski definition) is 4. The van der Waals surface area contributed by atoms with Gasteiger partial charge in [-0.15, -0.1) is 0 Å². The highest BCUT2D eigenvalue weighted by Crippen LogP contribution is 2.33. The molecule has 1 heterocycles. The van der Waals surface area contributed by atoms with E-state index in [9.17, 15) is 17.6 Å². The molecule has 0 N–H and O–H groups in total. The molecule has 0 aliphatic carbocycles. The Bertz CT molecular complexity index is 1000. The third kappa shape index (κ3) is 3.49. The van der Waals surface area contributed by atoms with E-state index >= 15 is 0 Å². The van der Waals surface area contributed by atoms with Gasteiger partial charge in [0.1, 0.15) is 11.6 Å². The molecule has 0 atom stereocenters. The fourth-order valence-electron chi connectivity index (χ4n) is 3.45. The zero-order valence-corrected chi connectivity index (χ0v) is 16.9. The molecule has 2 aromatic carbocycles. The molecule has 28 heavy (non-hydrogen) atoms. The number of sulfonamides is 1. The van der Waals surface area contributed by atoms with Crippen molar-refractivity contribution in [1.29, 1.82) is 0 Å². The van der Waals surface area contributed by atoms with Gasteiger partial charge in [-0.1, -0.05) is 13.8 Å². The third-order valence-corrected chi connectivity index (χ3v) is 6.97. The fraction of sp³-hybridized carbons (Fsp3) is 0.350. The normalized spacial score (nSPS) is 13.7. The van der Waals surface area contributed by atoms with Gasteiger partial charge in [-0.05, 0) is 48.4 Å². The van der Waals surface area contributed by atoms with Crippen molar-refractivity contribution in [2.24, 2.45) is 0 Å². The molecule has 0 radical (unpaired) electrons. The molecular weight excluding hydrogens is 383 g/mol. The van der Waals surface area contributed by atoms with Gasteiger partial charge in [0.05, 0.1) is 17.6 Å². The molecule has 1 amide bonds. The molecule has 1 aliphatic heterocycles. The molecule has 0 fully saturated rings. The highest BCUT2D eigenvalue weighted by Gasteiger charge is 2.30. The topological polar surface area (TPSA) is 66.9 Å². The number of nitrogens with zero attached hydrogens (tertiary/aromatic N) is 2. The standard InChI is InChI=1S/C20H23FN2O4S/c1-4-22(5-2)28(25,26)16-7-8-18-14(12-16)10-11-23(18)20(24)17-13-15(21)6-9-19(17)27-3/h6-9,12-13H,4-5,10-11H2,1-3H3. The lowest BCUT2D eigenvalue weighted by Crippen LogP contribution is -2.31. The van der Waals surface area contributed by atoms with E-state index < -0.39 is 15.8 Å². The van der Waals surface area contributed by atoms with Crippen LogP contribution in [0.2, 0.25) is 0 Å². The average molecular weight is 406 g/mol. The molecule has 0 bridgehead atoms. The van der Waals surface area contributed by atoms with Crippen LogP contribution in [0.4, 0.5) is 10.1 Å². The zero-order chi connectivity index (χ0) is 20.5. The number of carbonyl (C=O) groups excluding carboxylic acids is 1. The molecule has 3 rings (SSSR count). The Kier molecular flexibility index (Phi) is 5.71. The minimum atomic E-state index is -3.57. The molecule has 0 unspecified atom stereocenters. The SMILES string of the molecule is CCN(CC)S(=O)(=O)c1ccc2c(c1)CCN2C(=O)c1cc(F)ccc1OC. The van der Waals surface area contributed by atoms with Crippen LogP contribution < -0.4 is 9.64 Å². The van der Waals surface area contributed by atoms with Gasteiger partial charge < -0.3 is 9.64 Å². The summed E-state index contributed by atoms with van der Waals surface area (Å²) >= 11 is 0. The van der Waals surface area contributed by atoms with Crippen molar-refractivity contribution >= 4 is 21.6 Å². The van der Waals surface area contributed by atoms with Crippen LogP contribution in [0.15, 0.2) is 41.3 Å². The van der Waals surface area contributed by atoms with Crippen molar-refractivity contribution in [3.63, 3.8) is 0 Å². The van der Waals surface area contributed by atoms with Crippen molar-refractivity contribution in [1.82, 2.24) is 4.31 Å². The van der Waals surface area contributed by atoms with Gasteiger partial charge in [0, 0.05) is 25.3 Å². The van der Waals surface area contributed by atoms with Crippen LogP contribution in [-0.4, -0.2) is 45.4 Å². The highest BCUT2D eigenvalue weighted by atomic mass is 32.2. The van der Waals surface area contributed by atoms with Crippen LogP contribution in [0.3, 0.4) is 0 Å². The lowest BCUT2D eigenvalue weighted by Gasteiger charge is -2.21. The number of methoxy groups -OCH3 is 1. The van der Waals surface area contributed by atoms with Gasteiger partial charge in [0.2, 0.25) is 10.0 Å². The first-order valence-electron chi connectivity index (χ1n) is 9.12. The van der Waals surface area contributed by atoms with Crippen molar-refractivity contribution in [3.8, 4) is 5.75 Å². The predicted molar refractivity (Wildman–Crippen MR) is 105 cm³/mol. The van der Waals surface area contributed by atoms with Crippen LogP contribution in [-0.2, 0) is 16.4 Å². The zero-order valence-electron chi connectivity index (χ0n) is 16.1. The number of fused-ring (bicyclic) bond motifs is 1. The second-order valence-electron chi connectivity index (χ2n) is 6.43. The van der Waals surface area contributed by atoms with Crippen molar-refractivity contribution in [2.45, 2.75) is 25.2 Å². The summed E-state index contributed by atoms with van der Waals surface area (Å²) < 4.78 is 45.7. The smallest absolute Gasteiger partial charge is 0.262 e. The number of anilines is 1. The first-order valence-corrected chi connectivity index (χ1v) is 10.6. The van der Waals surface area contributed by atoms with E-state index in [-0.39, 0.29) is 16.4 Å². The number of ether oxygens (including phenoxy) is 1. The van der Waals surface area contributed by atoms with Crippen LogP contribution in [0.1, 0.15) is 29.8 Å². The second-order valence-corrected chi connectivity index (χ2v) is 8.37. The summed E-state index contributed by atoms with van der Waals surface area (Å²) in [6.07, 6.45) is 0.528. The Labute approximate surface area is 164 Å². The Balaban J connectivity index is 1.96. The van der Waals surface area contributed by atoms with Gasteiger partial charge in [-0.3, -0.25) is 4.79 Å². The summed E-state index contributed by atoms with van der Waals surface area (Å²) in [6.45, 7) is 4.75. The van der Waals surface area contributed by atoms with E-state index in [1.165, 1.54) is 34.5 Å². The number of rotatable bonds is 6. The Morgan fingerprint density at radius 2 is 1.89 bits per heavy atom. The van der Waals surface area contributed by atoms with Crippen LogP contribution in [0.5, 0.6) is 5.75 Å². The monoisotopic (exact) mass is 406 g/mol. The summed E-state index contributed by atoms with van der Waals surface area (Å²) in [5.41, 5.74) is 1.54. The second kappa shape index (κ2) is 7.89. The first kappa shape index (κ1) is 20.3. The van der Waals surface area contributed by atoms with Crippen LogP contribution in [0, 0.1) is 5.82 Å². The number of halogens is 1. The van der Waals surface area contributed by atoms with Gasteiger partial charge in [-0.25, -0.2) is 12.8 Å². The number of benzene rings is 2. The molecule has 1 aliphatic rings. The summed E-state index contributed by atoms with van der Waals surface area (Å²) in [6, 6.07) is 8.58. The molecule has 0 saturated heterocycles. The van der Waals surface area contributed by atoms with Gasteiger partial charge in [0.15, 0.2) is 0 Å². The average Bonchev–Trinajstić information content (AvgIpc) is 3.11. The van der Waals surface area contributed by atoms with Crippen molar-refractivity contribution < 1.29 is 22.3 Å². The summed E-state index contributed by atoms with van der Waals surface area (Å²) in [4.78, 5) is 14.7. The van der Waals surface area contributed by atoms with E-state index in [4.69, 9.17) is 4.74 Å². The minimum absolute atomic E-state index is 0.134. The van der Waals surface area contributed by atoms with Crippen LogP contribution >= 0.6 is 0 Å². The van der Waals surface area contributed by atoms with E-state index in [0.717, 1.165) is 11.6 Å². The van der Waals surface area contributed by atoms with E-state index in [2.05, 4.69) is 0 Å². The highest BCUT2D eigenvalue weighted by molar-refractivity contribution is 7.89. The van der Waals surface area contributed by atoms with Crippen LogP contribution in [0.25, 0.3) is 0 Å². The Morgan fingerprint density at radius 3 is 2.54 bits per heavy atom. The molecule has 0 saturated carbocycles. The Morgan fingerprint density at radius 1 is 1.18 bits per heavy atom. The molecule has 8 heteroatoms. The predicted octanol–water partition coefficient (Wildman–Crippen LogP) is 3.07. The quantitative estimate of drug-likeness (QED) is 0.740. The molecule has 0 spiro atoms. The van der Waals surface area contributed by atoms with E-state index in [1.54, 1.807) is 26.0 Å². The lowest BCUT2D eigenvalue weighted by molar-refractivity contribution is 0.0986. The van der Waals surface area contributed by atoms with E-state index in [0.29, 0.717) is 37.5 Å². The largest absolute Gasteiger partial charge is 0.496 e. The molecule has 6 nitrogen and oxygen atoms in total. The summed E-state index contributed by atoms with van der Waals surface area (Å²) in [7, 11) is -2.15.